The Morgan fingerprint density at radius 3 is 2.42 bits per heavy atom. The van der Waals surface area contributed by atoms with Crippen LogP contribution in [0.5, 0.6) is 11.5 Å². The van der Waals surface area contributed by atoms with E-state index in [0.717, 1.165) is 18.9 Å². The maximum Gasteiger partial charge on any atom is 0.251 e. The van der Waals surface area contributed by atoms with Crippen LogP contribution in [0.4, 0.5) is 0 Å². The van der Waals surface area contributed by atoms with Gasteiger partial charge in [0.2, 0.25) is 0 Å². The van der Waals surface area contributed by atoms with Gasteiger partial charge in [-0.1, -0.05) is 0 Å². The summed E-state index contributed by atoms with van der Waals surface area (Å²) in [6.07, 6.45) is 2.34. The zero-order valence-corrected chi connectivity index (χ0v) is 14.5. The van der Waals surface area contributed by atoms with Crippen LogP contribution in [0.25, 0.3) is 0 Å². The molecule has 1 unspecified atom stereocenters. The Balaban J connectivity index is 1.36. The fraction of sp³-hybridized carbons (Fsp3) is 0.333. The summed E-state index contributed by atoms with van der Waals surface area (Å²) in [6, 6.07) is 16.4. The van der Waals surface area contributed by atoms with Crippen LogP contribution in [-0.4, -0.2) is 36.5 Å². The molecule has 1 N–H and O–H groups in total. The lowest BCUT2D eigenvalue weighted by atomic mass is 9.96. The van der Waals surface area contributed by atoms with Gasteiger partial charge in [-0.25, -0.2) is 0 Å². The van der Waals surface area contributed by atoms with E-state index < -0.39 is 0 Å². The molecule has 0 radical (unpaired) electrons. The van der Waals surface area contributed by atoms with Gasteiger partial charge < -0.3 is 15.0 Å². The molecule has 2 aliphatic heterocycles. The highest BCUT2D eigenvalue weighted by Gasteiger charge is 2.32. The Bertz CT molecular complexity index is 812. The molecule has 2 aromatic carbocycles. The molecule has 0 spiro atoms. The SMILES string of the molecule is N#Cc1ccc(Oc2ccc(C(=O)N[C@@H]3C[C@@H]4CCN(C4)C3)cc2)cc1. The summed E-state index contributed by atoms with van der Waals surface area (Å²) in [5, 5.41) is 12.0. The van der Waals surface area contributed by atoms with Crippen LogP contribution >= 0.6 is 0 Å². The van der Waals surface area contributed by atoms with Crippen molar-refractivity contribution >= 4 is 5.91 Å². The molecule has 2 aromatic rings. The monoisotopic (exact) mass is 347 g/mol. The highest BCUT2D eigenvalue weighted by molar-refractivity contribution is 5.94. The number of nitriles is 1. The summed E-state index contributed by atoms with van der Waals surface area (Å²) >= 11 is 0. The molecule has 2 fully saturated rings. The molecular weight excluding hydrogens is 326 g/mol. The molecule has 1 amide bonds. The van der Waals surface area contributed by atoms with Crippen molar-refractivity contribution in [3.8, 4) is 17.6 Å². The van der Waals surface area contributed by atoms with Gasteiger partial charge in [0.15, 0.2) is 0 Å². The Morgan fingerprint density at radius 1 is 1.08 bits per heavy atom. The lowest BCUT2D eigenvalue weighted by molar-refractivity contribution is 0.0909. The lowest BCUT2D eigenvalue weighted by Crippen LogP contribution is -2.46. The first-order valence-corrected chi connectivity index (χ1v) is 9.01. The molecule has 5 nitrogen and oxygen atoms in total. The topological polar surface area (TPSA) is 65.4 Å². The maximum absolute atomic E-state index is 12.5. The smallest absolute Gasteiger partial charge is 0.251 e. The second-order valence-electron chi connectivity index (χ2n) is 7.08. The number of fused-ring (bicyclic) bond motifs is 2. The molecule has 0 aromatic heterocycles. The van der Waals surface area contributed by atoms with Gasteiger partial charge in [-0.2, -0.15) is 5.26 Å². The third kappa shape index (κ3) is 3.71. The first-order chi connectivity index (χ1) is 12.7. The van der Waals surface area contributed by atoms with Crippen molar-refractivity contribution in [2.24, 2.45) is 5.92 Å². The van der Waals surface area contributed by atoms with Crippen LogP contribution in [0.3, 0.4) is 0 Å². The van der Waals surface area contributed by atoms with Crippen LogP contribution in [0.2, 0.25) is 0 Å². The van der Waals surface area contributed by atoms with E-state index in [1.807, 2.05) is 0 Å². The number of nitrogens with one attached hydrogen (secondary N) is 1. The Morgan fingerprint density at radius 2 is 1.77 bits per heavy atom. The van der Waals surface area contributed by atoms with Crippen molar-refractivity contribution in [1.82, 2.24) is 10.2 Å². The Labute approximate surface area is 153 Å². The normalized spacial score (nSPS) is 23.9. The predicted octanol–water partition coefficient (Wildman–Crippen LogP) is 3.17. The van der Waals surface area contributed by atoms with E-state index in [1.165, 1.54) is 19.5 Å². The van der Waals surface area contributed by atoms with Crippen LogP contribution < -0.4 is 10.1 Å². The van der Waals surface area contributed by atoms with Crippen molar-refractivity contribution in [2.45, 2.75) is 18.9 Å². The summed E-state index contributed by atoms with van der Waals surface area (Å²) in [5.41, 5.74) is 1.24. The van der Waals surface area contributed by atoms with E-state index in [4.69, 9.17) is 10.00 Å². The molecule has 2 saturated heterocycles. The number of rotatable bonds is 4. The van der Waals surface area contributed by atoms with Gasteiger partial charge in [0.1, 0.15) is 11.5 Å². The molecule has 3 atom stereocenters. The number of amides is 1. The summed E-state index contributed by atoms with van der Waals surface area (Å²) in [4.78, 5) is 14.9. The molecule has 5 heteroatoms. The number of carbonyl (C=O) groups is 1. The summed E-state index contributed by atoms with van der Waals surface area (Å²) in [5.74, 6) is 2.03. The zero-order valence-electron chi connectivity index (χ0n) is 14.5. The van der Waals surface area contributed by atoms with Gasteiger partial charge in [-0.15, -0.1) is 0 Å². The van der Waals surface area contributed by atoms with E-state index in [0.29, 0.717) is 22.6 Å². The Kier molecular flexibility index (Phi) is 4.59. The van der Waals surface area contributed by atoms with Crippen molar-refractivity contribution in [3.05, 3.63) is 59.7 Å². The van der Waals surface area contributed by atoms with Gasteiger partial charge >= 0.3 is 0 Å². The second kappa shape index (κ2) is 7.19. The number of benzene rings is 2. The van der Waals surface area contributed by atoms with Crippen LogP contribution in [0.1, 0.15) is 28.8 Å². The second-order valence-corrected chi connectivity index (χ2v) is 7.08. The first kappa shape index (κ1) is 16.6. The fourth-order valence-electron chi connectivity index (χ4n) is 3.84. The van der Waals surface area contributed by atoms with Gasteiger partial charge in [-0.05, 0) is 73.8 Å². The van der Waals surface area contributed by atoms with E-state index >= 15 is 0 Å². The lowest BCUT2D eigenvalue weighted by Gasteiger charge is -2.30. The van der Waals surface area contributed by atoms with Crippen LogP contribution in [-0.2, 0) is 0 Å². The number of nitrogens with zero attached hydrogens (tertiary/aromatic N) is 2. The average molecular weight is 347 g/mol. The van der Waals surface area contributed by atoms with E-state index in [1.54, 1.807) is 48.5 Å². The first-order valence-electron chi connectivity index (χ1n) is 9.01. The third-order valence-electron chi connectivity index (χ3n) is 5.14. The van der Waals surface area contributed by atoms with Crippen molar-refractivity contribution in [3.63, 3.8) is 0 Å². The highest BCUT2D eigenvalue weighted by atomic mass is 16.5. The van der Waals surface area contributed by atoms with Gasteiger partial charge in [0.25, 0.3) is 5.91 Å². The maximum atomic E-state index is 12.5. The minimum atomic E-state index is -0.0255. The molecule has 0 saturated carbocycles. The summed E-state index contributed by atoms with van der Waals surface area (Å²) < 4.78 is 5.75. The number of hydrogen-bond donors (Lipinski definition) is 1. The number of hydrogen-bond acceptors (Lipinski definition) is 4. The third-order valence-corrected chi connectivity index (χ3v) is 5.14. The quantitative estimate of drug-likeness (QED) is 0.922. The van der Waals surface area contributed by atoms with E-state index in [-0.39, 0.29) is 11.9 Å². The minimum Gasteiger partial charge on any atom is -0.457 e. The van der Waals surface area contributed by atoms with Crippen LogP contribution in [0, 0.1) is 17.2 Å². The molecule has 0 aliphatic carbocycles. The highest BCUT2D eigenvalue weighted by Crippen LogP contribution is 2.27. The zero-order chi connectivity index (χ0) is 17.9. The summed E-state index contributed by atoms with van der Waals surface area (Å²) in [6.45, 7) is 3.31. The fourth-order valence-corrected chi connectivity index (χ4v) is 3.84. The average Bonchev–Trinajstić information content (AvgIpc) is 3.01. The predicted molar refractivity (Wildman–Crippen MR) is 98.1 cm³/mol. The van der Waals surface area contributed by atoms with E-state index in [9.17, 15) is 4.79 Å². The van der Waals surface area contributed by atoms with Crippen molar-refractivity contribution in [1.29, 1.82) is 5.26 Å². The van der Waals surface area contributed by atoms with Gasteiger partial charge in [0, 0.05) is 24.7 Å². The molecule has 132 valence electrons. The van der Waals surface area contributed by atoms with Crippen LogP contribution in [0.15, 0.2) is 48.5 Å². The molecule has 2 heterocycles. The van der Waals surface area contributed by atoms with E-state index in [2.05, 4.69) is 16.3 Å². The molecule has 2 aliphatic rings. The summed E-state index contributed by atoms with van der Waals surface area (Å²) in [7, 11) is 0. The Hall–Kier alpha value is -2.84. The number of carbonyl (C=O) groups excluding carboxylic acids is 1. The molecule has 4 rings (SSSR count). The standard InChI is InChI=1S/C21H21N3O2/c22-12-15-1-5-19(6-2-15)26-20-7-3-17(4-8-20)21(25)23-18-11-16-9-10-24(13-16)14-18/h1-8,16,18H,9-11,13-14H2,(H,23,25)/t16-,18+/m0/s1. The van der Waals surface area contributed by atoms with Gasteiger partial charge in [0.05, 0.1) is 11.6 Å². The van der Waals surface area contributed by atoms with Crippen molar-refractivity contribution in [2.75, 3.05) is 19.6 Å². The van der Waals surface area contributed by atoms with Gasteiger partial charge in [-0.3, -0.25) is 4.79 Å². The largest absolute Gasteiger partial charge is 0.457 e. The molecule has 26 heavy (non-hydrogen) atoms. The number of ether oxygens (including phenoxy) is 1. The van der Waals surface area contributed by atoms with Crippen molar-refractivity contribution < 1.29 is 9.53 Å². The molecule has 2 bridgehead atoms. The molecular formula is C21H21N3O2. The number of piperidine rings is 1. The minimum absolute atomic E-state index is 0.0255.